The highest BCUT2D eigenvalue weighted by Gasteiger charge is 2.28. The van der Waals surface area contributed by atoms with Gasteiger partial charge in [-0.25, -0.2) is 14.4 Å². The van der Waals surface area contributed by atoms with Crippen LogP contribution < -0.4 is 5.73 Å². The van der Waals surface area contributed by atoms with Gasteiger partial charge in [0.1, 0.15) is 22.0 Å². The molecule has 0 unspecified atom stereocenters. The molecule has 8 nitrogen and oxygen atoms in total. The highest BCUT2D eigenvalue weighted by Crippen LogP contribution is 2.33. The zero-order chi connectivity index (χ0) is 21.1. The topological polar surface area (TPSA) is 118 Å². The molecule has 0 saturated heterocycles. The maximum atomic E-state index is 12.8. The van der Waals surface area contributed by atoms with E-state index >= 15 is 0 Å². The quantitative estimate of drug-likeness (QED) is 0.500. The van der Waals surface area contributed by atoms with Crippen molar-refractivity contribution in [2.24, 2.45) is 0 Å². The fourth-order valence-corrected chi connectivity index (χ4v) is 3.88. The van der Waals surface area contributed by atoms with Gasteiger partial charge in [0.05, 0.1) is 25.3 Å². The number of hydrogen-bond donors (Lipinski definition) is 1. The van der Waals surface area contributed by atoms with Crippen LogP contribution in [-0.2, 0) is 20.8 Å². The summed E-state index contributed by atoms with van der Waals surface area (Å²) in [5.74, 6) is -2.04. The van der Waals surface area contributed by atoms with Gasteiger partial charge < -0.3 is 19.9 Å². The van der Waals surface area contributed by atoms with Crippen LogP contribution in [0.15, 0.2) is 30.3 Å². The normalized spacial score (nSPS) is 10.6. The number of ether oxygens (including phenoxy) is 3. The smallest absolute Gasteiger partial charge is 0.348 e. The summed E-state index contributed by atoms with van der Waals surface area (Å²) < 4.78 is 14.9. The van der Waals surface area contributed by atoms with E-state index in [1.807, 2.05) is 6.07 Å². The third-order valence-corrected chi connectivity index (χ3v) is 5.25. The Hall–Kier alpha value is -3.46. The van der Waals surface area contributed by atoms with Gasteiger partial charge in [-0.2, -0.15) is 0 Å². The molecule has 0 atom stereocenters. The summed E-state index contributed by atoms with van der Waals surface area (Å²) in [7, 11) is 2.40. The summed E-state index contributed by atoms with van der Waals surface area (Å²) in [6.07, 6.45) is 0. The van der Waals surface area contributed by atoms with Crippen LogP contribution in [0.3, 0.4) is 0 Å². The summed E-state index contributed by atoms with van der Waals surface area (Å²) in [4.78, 5) is 41.4. The summed E-state index contributed by atoms with van der Waals surface area (Å²) in [6, 6.07) is 8.79. The molecule has 0 radical (unpaired) electrons. The van der Waals surface area contributed by atoms with E-state index in [1.54, 1.807) is 31.2 Å². The second-order valence-electron chi connectivity index (χ2n) is 6.04. The van der Waals surface area contributed by atoms with E-state index in [-0.39, 0.29) is 27.6 Å². The second-order valence-corrected chi connectivity index (χ2v) is 7.09. The molecule has 9 heteroatoms. The zero-order valence-electron chi connectivity index (χ0n) is 16.0. The molecule has 3 aromatic rings. The van der Waals surface area contributed by atoms with Crippen molar-refractivity contribution in [1.29, 1.82) is 0 Å². The minimum atomic E-state index is -0.731. The van der Waals surface area contributed by atoms with Gasteiger partial charge in [-0.15, -0.1) is 11.3 Å². The van der Waals surface area contributed by atoms with E-state index in [9.17, 15) is 14.4 Å². The number of rotatable bonds is 5. The van der Waals surface area contributed by atoms with Crippen molar-refractivity contribution in [2.45, 2.75) is 13.5 Å². The second kappa shape index (κ2) is 8.27. The maximum Gasteiger partial charge on any atom is 0.348 e. The van der Waals surface area contributed by atoms with E-state index in [2.05, 4.69) is 4.98 Å². The van der Waals surface area contributed by atoms with Crippen LogP contribution in [0.1, 0.15) is 41.6 Å². The number of carbonyl (C=O) groups excluding carboxylic acids is 3. The molecule has 2 aromatic heterocycles. The van der Waals surface area contributed by atoms with E-state index in [0.29, 0.717) is 22.2 Å². The number of nitrogens with zero attached hydrogens (tertiary/aromatic N) is 1. The molecule has 3 rings (SSSR count). The number of benzene rings is 1. The standard InChI is InChI=1S/C20H18N2O6S/c1-10-8-12(11-6-4-5-7-14(11)22-10)18(23)28-9-13-15(19(24)26-2)17(21)29-16(13)20(25)27-3/h4-8H,9,21H2,1-3H3. The molecule has 2 N–H and O–H groups in total. The predicted molar refractivity (Wildman–Crippen MR) is 107 cm³/mol. The number of methoxy groups -OCH3 is 2. The number of nitrogen functional groups attached to an aromatic ring is 1. The Kier molecular flexibility index (Phi) is 5.79. The van der Waals surface area contributed by atoms with Gasteiger partial charge in [0.25, 0.3) is 0 Å². The number of aryl methyl sites for hydroxylation is 1. The van der Waals surface area contributed by atoms with Crippen LogP contribution >= 0.6 is 11.3 Å². The highest BCUT2D eigenvalue weighted by molar-refractivity contribution is 7.18. The number of pyridine rings is 1. The molecular weight excluding hydrogens is 396 g/mol. The monoisotopic (exact) mass is 414 g/mol. The lowest BCUT2D eigenvalue weighted by Gasteiger charge is -2.10. The average Bonchev–Trinajstić information content (AvgIpc) is 3.06. The number of nitrogens with two attached hydrogens (primary N) is 1. The van der Waals surface area contributed by atoms with Gasteiger partial charge in [0, 0.05) is 16.6 Å². The number of aromatic nitrogens is 1. The van der Waals surface area contributed by atoms with Crippen LogP contribution in [0.5, 0.6) is 0 Å². The molecule has 1 aromatic carbocycles. The molecule has 0 fully saturated rings. The first-order valence-electron chi connectivity index (χ1n) is 8.48. The van der Waals surface area contributed by atoms with E-state index in [1.165, 1.54) is 14.2 Å². The molecule has 0 bridgehead atoms. The number of fused-ring (bicyclic) bond motifs is 1. The van der Waals surface area contributed by atoms with Crippen molar-refractivity contribution in [3.63, 3.8) is 0 Å². The Morgan fingerprint density at radius 1 is 1.07 bits per heavy atom. The molecule has 0 saturated carbocycles. The third kappa shape index (κ3) is 3.90. The molecule has 2 heterocycles. The molecule has 0 spiro atoms. The largest absolute Gasteiger partial charge is 0.465 e. The van der Waals surface area contributed by atoms with Gasteiger partial charge in [-0.3, -0.25) is 4.98 Å². The van der Waals surface area contributed by atoms with Crippen molar-refractivity contribution in [1.82, 2.24) is 4.98 Å². The number of esters is 3. The lowest BCUT2D eigenvalue weighted by Crippen LogP contribution is -2.13. The van der Waals surface area contributed by atoms with Crippen molar-refractivity contribution in [3.05, 3.63) is 57.6 Å². The van der Waals surface area contributed by atoms with Crippen LogP contribution in [0.25, 0.3) is 10.9 Å². The number of thiophene rings is 1. The summed E-state index contributed by atoms with van der Waals surface area (Å²) >= 11 is 0.871. The molecule has 150 valence electrons. The SMILES string of the molecule is COC(=O)c1sc(N)c(C(=O)OC)c1COC(=O)c1cc(C)nc2ccccc12. The molecule has 0 aliphatic heterocycles. The van der Waals surface area contributed by atoms with E-state index in [4.69, 9.17) is 19.9 Å². The van der Waals surface area contributed by atoms with E-state index in [0.717, 1.165) is 11.3 Å². The fourth-order valence-electron chi connectivity index (χ4n) is 2.90. The molecule has 0 amide bonds. The Morgan fingerprint density at radius 3 is 2.45 bits per heavy atom. The van der Waals surface area contributed by atoms with Gasteiger partial charge in [-0.05, 0) is 19.1 Å². The lowest BCUT2D eigenvalue weighted by atomic mass is 10.1. The first kappa shape index (κ1) is 20.3. The van der Waals surface area contributed by atoms with E-state index < -0.39 is 17.9 Å². The third-order valence-electron chi connectivity index (χ3n) is 4.21. The number of anilines is 1. The number of hydrogen-bond acceptors (Lipinski definition) is 9. The van der Waals surface area contributed by atoms with Crippen LogP contribution in [0.2, 0.25) is 0 Å². The first-order valence-corrected chi connectivity index (χ1v) is 9.30. The summed E-state index contributed by atoms with van der Waals surface area (Å²) in [5.41, 5.74) is 7.66. The predicted octanol–water partition coefficient (Wildman–Crippen LogP) is 3.12. The van der Waals surface area contributed by atoms with Crippen LogP contribution in [-0.4, -0.2) is 37.1 Å². The molecule has 0 aliphatic rings. The van der Waals surface area contributed by atoms with Crippen molar-refractivity contribution >= 4 is 45.1 Å². The maximum absolute atomic E-state index is 12.8. The van der Waals surface area contributed by atoms with Crippen molar-refractivity contribution in [3.8, 4) is 0 Å². The fraction of sp³-hybridized carbons (Fsp3) is 0.200. The lowest BCUT2D eigenvalue weighted by molar-refractivity contribution is 0.0454. The van der Waals surface area contributed by atoms with Crippen molar-refractivity contribution < 1.29 is 28.6 Å². The minimum Gasteiger partial charge on any atom is -0.465 e. The Balaban J connectivity index is 1.97. The molecule has 0 aliphatic carbocycles. The molecular formula is C20H18N2O6S. The molecule has 29 heavy (non-hydrogen) atoms. The Bertz CT molecular complexity index is 1120. The minimum absolute atomic E-state index is 0.0125. The zero-order valence-corrected chi connectivity index (χ0v) is 16.8. The first-order chi connectivity index (χ1) is 13.9. The highest BCUT2D eigenvalue weighted by atomic mass is 32.1. The summed E-state index contributed by atoms with van der Waals surface area (Å²) in [5, 5.41) is 0.711. The summed E-state index contributed by atoms with van der Waals surface area (Å²) in [6.45, 7) is 1.42. The average molecular weight is 414 g/mol. The van der Waals surface area contributed by atoms with Crippen LogP contribution in [0, 0.1) is 6.92 Å². The van der Waals surface area contributed by atoms with Crippen LogP contribution in [0.4, 0.5) is 5.00 Å². The Labute approximate surface area is 170 Å². The van der Waals surface area contributed by atoms with Gasteiger partial charge in [-0.1, -0.05) is 18.2 Å². The number of carbonyl (C=O) groups is 3. The Morgan fingerprint density at radius 2 is 1.76 bits per heavy atom. The van der Waals surface area contributed by atoms with Gasteiger partial charge in [0.15, 0.2) is 0 Å². The number of para-hydroxylation sites is 1. The van der Waals surface area contributed by atoms with Crippen molar-refractivity contribution in [2.75, 3.05) is 20.0 Å². The van der Waals surface area contributed by atoms with Gasteiger partial charge in [0.2, 0.25) is 0 Å². The van der Waals surface area contributed by atoms with Gasteiger partial charge >= 0.3 is 17.9 Å².